The molecule has 0 radical (unpaired) electrons. The summed E-state index contributed by atoms with van der Waals surface area (Å²) in [6.45, 7) is 0. The third-order valence-electron chi connectivity index (χ3n) is 5.00. The van der Waals surface area contributed by atoms with E-state index in [9.17, 15) is 19.7 Å². The molecule has 3 aromatic carbocycles. The van der Waals surface area contributed by atoms with E-state index in [0.29, 0.717) is 16.5 Å². The van der Waals surface area contributed by atoms with Crippen LogP contribution < -0.4 is 10.6 Å². The molecule has 1 unspecified atom stereocenters. The second-order valence-electron chi connectivity index (χ2n) is 7.55. The average molecular weight is 519 g/mol. The van der Waals surface area contributed by atoms with Crippen LogP contribution in [0.15, 0.2) is 102 Å². The van der Waals surface area contributed by atoms with E-state index in [1.807, 2.05) is 30.3 Å². The topological polar surface area (TPSA) is 114 Å². The molecular weight excluding hydrogens is 500 g/mol. The number of carbonyl (C=O) groups excluding carboxylic acids is 2. The number of rotatable bonds is 8. The summed E-state index contributed by atoms with van der Waals surface area (Å²) in [6, 6.07) is 25.1. The SMILES string of the molecule is O=C(Nc1ccc(SC(C(=O)Nc2ccc(Cl)cn2)c2ccccc2)cc1)c1cccc([N+](=O)[O-])c1. The molecule has 0 fully saturated rings. The van der Waals surface area contributed by atoms with E-state index in [4.69, 9.17) is 11.6 Å². The normalized spacial score (nSPS) is 11.4. The summed E-state index contributed by atoms with van der Waals surface area (Å²) in [6.07, 6.45) is 1.46. The molecule has 0 saturated carbocycles. The van der Waals surface area contributed by atoms with E-state index in [2.05, 4.69) is 15.6 Å². The summed E-state index contributed by atoms with van der Waals surface area (Å²) in [5, 5.41) is 16.4. The van der Waals surface area contributed by atoms with Crippen molar-refractivity contribution in [2.24, 2.45) is 0 Å². The number of non-ortho nitro benzene ring substituents is 1. The van der Waals surface area contributed by atoms with E-state index >= 15 is 0 Å². The number of aromatic nitrogens is 1. The first-order chi connectivity index (χ1) is 17.4. The van der Waals surface area contributed by atoms with Gasteiger partial charge in [0.05, 0.1) is 9.95 Å². The lowest BCUT2D eigenvalue weighted by atomic mass is 10.1. The molecule has 180 valence electrons. The number of hydrogen-bond acceptors (Lipinski definition) is 6. The third kappa shape index (κ3) is 6.47. The summed E-state index contributed by atoms with van der Waals surface area (Å²) in [4.78, 5) is 41.0. The number of nitro benzene ring substituents is 1. The van der Waals surface area contributed by atoms with Crippen molar-refractivity contribution in [2.45, 2.75) is 10.1 Å². The Labute approximate surface area is 215 Å². The van der Waals surface area contributed by atoms with Crippen molar-refractivity contribution < 1.29 is 14.5 Å². The van der Waals surface area contributed by atoms with Crippen LogP contribution in [0.5, 0.6) is 0 Å². The van der Waals surface area contributed by atoms with Crippen molar-refractivity contribution in [1.29, 1.82) is 0 Å². The fourth-order valence-corrected chi connectivity index (χ4v) is 4.40. The van der Waals surface area contributed by atoms with Gasteiger partial charge in [-0.1, -0.05) is 48.0 Å². The van der Waals surface area contributed by atoms with Crippen molar-refractivity contribution >= 4 is 52.4 Å². The number of anilines is 2. The van der Waals surface area contributed by atoms with Crippen LogP contribution >= 0.6 is 23.4 Å². The Morgan fingerprint density at radius 2 is 1.67 bits per heavy atom. The Kier molecular flexibility index (Phi) is 7.94. The maximum Gasteiger partial charge on any atom is 0.270 e. The molecular formula is C26H19ClN4O4S. The molecule has 4 rings (SSSR count). The van der Waals surface area contributed by atoms with E-state index < -0.39 is 16.1 Å². The smallest absolute Gasteiger partial charge is 0.270 e. The zero-order valence-electron chi connectivity index (χ0n) is 18.6. The van der Waals surface area contributed by atoms with Gasteiger partial charge in [-0.25, -0.2) is 4.98 Å². The number of nitro groups is 1. The van der Waals surface area contributed by atoms with Crippen LogP contribution in [0.3, 0.4) is 0 Å². The van der Waals surface area contributed by atoms with Crippen molar-refractivity contribution in [3.63, 3.8) is 0 Å². The lowest BCUT2D eigenvalue weighted by Gasteiger charge is -2.17. The number of amides is 2. The van der Waals surface area contributed by atoms with E-state index in [1.165, 1.54) is 42.2 Å². The number of hydrogen-bond donors (Lipinski definition) is 2. The van der Waals surface area contributed by atoms with Crippen LogP contribution in [-0.4, -0.2) is 21.7 Å². The fourth-order valence-electron chi connectivity index (χ4n) is 3.26. The second-order valence-corrected chi connectivity index (χ2v) is 9.16. The molecule has 0 bridgehead atoms. The Hall–Kier alpha value is -4.21. The molecule has 1 heterocycles. The zero-order chi connectivity index (χ0) is 25.5. The Morgan fingerprint density at radius 3 is 2.33 bits per heavy atom. The highest BCUT2D eigenvalue weighted by Gasteiger charge is 2.22. The fraction of sp³-hybridized carbons (Fsp3) is 0.0385. The van der Waals surface area contributed by atoms with Crippen LogP contribution in [0.25, 0.3) is 0 Å². The Bertz CT molecular complexity index is 1380. The highest BCUT2D eigenvalue weighted by molar-refractivity contribution is 8.00. The first-order valence-corrected chi connectivity index (χ1v) is 11.9. The van der Waals surface area contributed by atoms with Gasteiger partial charge in [-0.3, -0.25) is 19.7 Å². The van der Waals surface area contributed by atoms with E-state index in [1.54, 1.807) is 36.4 Å². The molecule has 36 heavy (non-hydrogen) atoms. The maximum atomic E-state index is 13.1. The van der Waals surface area contributed by atoms with Crippen molar-refractivity contribution in [1.82, 2.24) is 4.98 Å². The van der Waals surface area contributed by atoms with Gasteiger partial charge in [-0.15, -0.1) is 11.8 Å². The van der Waals surface area contributed by atoms with E-state index in [-0.39, 0.29) is 17.2 Å². The van der Waals surface area contributed by atoms with Crippen molar-refractivity contribution in [2.75, 3.05) is 10.6 Å². The summed E-state index contributed by atoms with van der Waals surface area (Å²) >= 11 is 7.23. The minimum atomic E-state index is -0.561. The predicted molar refractivity (Wildman–Crippen MR) is 140 cm³/mol. The van der Waals surface area contributed by atoms with E-state index in [0.717, 1.165) is 10.5 Å². The quantitative estimate of drug-likeness (QED) is 0.159. The van der Waals surface area contributed by atoms with Gasteiger partial charge < -0.3 is 10.6 Å². The standard InChI is InChI=1S/C26H19ClN4O4S/c27-19-9-14-23(28-16-19)30-26(33)24(17-5-2-1-3-6-17)36-22-12-10-20(11-13-22)29-25(32)18-7-4-8-21(15-18)31(34)35/h1-16,24H,(H,29,32)(H,28,30,33). The number of halogens is 1. The van der Waals surface area contributed by atoms with Crippen molar-refractivity contribution in [3.05, 3.63) is 123 Å². The Morgan fingerprint density at radius 1 is 0.917 bits per heavy atom. The maximum absolute atomic E-state index is 13.1. The molecule has 8 nitrogen and oxygen atoms in total. The van der Waals surface area contributed by atoms with Crippen LogP contribution in [-0.2, 0) is 4.79 Å². The highest BCUT2D eigenvalue weighted by atomic mass is 35.5. The van der Waals surface area contributed by atoms with Gasteiger partial charge in [0.2, 0.25) is 5.91 Å². The molecule has 1 atom stereocenters. The zero-order valence-corrected chi connectivity index (χ0v) is 20.2. The van der Waals surface area contributed by atoms with Gasteiger partial charge in [0, 0.05) is 34.5 Å². The molecule has 10 heteroatoms. The third-order valence-corrected chi connectivity index (χ3v) is 6.49. The lowest BCUT2D eigenvalue weighted by Crippen LogP contribution is -2.19. The minimum absolute atomic E-state index is 0.159. The molecule has 2 amide bonds. The van der Waals surface area contributed by atoms with Crippen LogP contribution in [0.4, 0.5) is 17.2 Å². The number of thioether (sulfide) groups is 1. The second kappa shape index (κ2) is 11.5. The minimum Gasteiger partial charge on any atom is -0.322 e. The molecule has 0 aliphatic carbocycles. The number of nitrogens with one attached hydrogen (secondary N) is 2. The summed E-state index contributed by atoms with van der Waals surface area (Å²) in [5.41, 5.74) is 1.35. The van der Waals surface area contributed by atoms with Gasteiger partial charge in [0.25, 0.3) is 11.6 Å². The number of nitrogens with zero attached hydrogens (tertiary/aromatic N) is 2. The average Bonchev–Trinajstić information content (AvgIpc) is 2.90. The number of benzene rings is 3. The number of carbonyl (C=O) groups is 2. The molecule has 0 aliphatic heterocycles. The largest absolute Gasteiger partial charge is 0.322 e. The Balaban J connectivity index is 1.47. The predicted octanol–water partition coefficient (Wildman–Crippen LogP) is 6.37. The van der Waals surface area contributed by atoms with Gasteiger partial charge >= 0.3 is 0 Å². The van der Waals surface area contributed by atoms with Gasteiger partial charge in [-0.2, -0.15) is 0 Å². The van der Waals surface area contributed by atoms with Crippen LogP contribution in [0, 0.1) is 10.1 Å². The van der Waals surface area contributed by atoms with Gasteiger partial charge in [0.1, 0.15) is 11.1 Å². The molecule has 2 N–H and O–H groups in total. The van der Waals surface area contributed by atoms with Crippen molar-refractivity contribution in [3.8, 4) is 0 Å². The first kappa shape index (κ1) is 24.9. The molecule has 1 aromatic heterocycles. The van der Waals surface area contributed by atoms with Crippen LogP contribution in [0.1, 0.15) is 21.2 Å². The lowest BCUT2D eigenvalue weighted by molar-refractivity contribution is -0.384. The molecule has 0 aliphatic rings. The van der Waals surface area contributed by atoms with Gasteiger partial charge in [0.15, 0.2) is 0 Å². The molecule has 4 aromatic rings. The van der Waals surface area contributed by atoms with Gasteiger partial charge in [-0.05, 0) is 48.0 Å². The molecule has 0 saturated heterocycles. The summed E-state index contributed by atoms with van der Waals surface area (Å²) < 4.78 is 0. The highest BCUT2D eigenvalue weighted by Crippen LogP contribution is 2.36. The van der Waals surface area contributed by atoms with Crippen LogP contribution in [0.2, 0.25) is 5.02 Å². The summed E-state index contributed by atoms with van der Waals surface area (Å²) in [7, 11) is 0. The monoisotopic (exact) mass is 518 g/mol. The number of pyridine rings is 1. The summed E-state index contributed by atoms with van der Waals surface area (Å²) in [5.74, 6) is -0.315. The first-order valence-electron chi connectivity index (χ1n) is 10.7. The molecule has 0 spiro atoms.